The summed E-state index contributed by atoms with van der Waals surface area (Å²) in [7, 11) is 0. The van der Waals surface area contributed by atoms with E-state index in [1.807, 2.05) is 0 Å². The summed E-state index contributed by atoms with van der Waals surface area (Å²) in [5.74, 6) is 0. The molecule has 0 saturated carbocycles. The monoisotopic (exact) mass is 170 g/mol. The number of unbranched alkanes of at least 4 members (excludes halogenated alkanes) is 1. The number of hydrogen-bond acceptors (Lipinski definition) is 0. The van der Waals surface area contributed by atoms with E-state index in [0.29, 0.717) is 6.42 Å². The lowest BCUT2D eigenvalue weighted by Crippen LogP contribution is -1.82. The zero-order valence-corrected chi connectivity index (χ0v) is 8.20. The van der Waals surface area contributed by atoms with Gasteiger partial charge in [0.1, 0.15) is 0 Å². The van der Waals surface area contributed by atoms with Gasteiger partial charge in [0.15, 0.2) is 0 Å². The second-order valence-electron chi connectivity index (χ2n) is 3.15. The zero-order chi connectivity index (χ0) is 9.40. The van der Waals surface area contributed by atoms with Crippen LogP contribution in [0.15, 0.2) is 23.8 Å². The highest BCUT2D eigenvalue weighted by atomic mass is 19.1. The van der Waals surface area contributed by atoms with Crippen LogP contribution in [0.25, 0.3) is 0 Å². The van der Waals surface area contributed by atoms with Crippen molar-refractivity contribution in [3.63, 3.8) is 0 Å². The van der Waals surface area contributed by atoms with E-state index in [4.69, 9.17) is 0 Å². The molecule has 0 rings (SSSR count). The molecule has 0 aromatic rings. The van der Waals surface area contributed by atoms with Crippen LogP contribution in [-0.2, 0) is 0 Å². The van der Waals surface area contributed by atoms with Crippen LogP contribution >= 0.6 is 0 Å². The molecule has 0 aliphatic heterocycles. The van der Waals surface area contributed by atoms with Crippen LogP contribution in [0, 0.1) is 0 Å². The van der Waals surface area contributed by atoms with Crippen molar-refractivity contribution in [1.82, 2.24) is 0 Å². The maximum absolute atomic E-state index is 11.7. The van der Waals surface area contributed by atoms with Crippen LogP contribution in [0.4, 0.5) is 4.39 Å². The smallest absolute Gasteiger partial charge is 0.0894 e. The van der Waals surface area contributed by atoms with Gasteiger partial charge in [0, 0.05) is 0 Å². The molecule has 0 bridgehead atoms. The van der Waals surface area contributed by atoms with Gasteiger partial charge in [-0.15, -0.1) is 0 Å². The van der Waals surface area contributed by atoms with Crippen molar-refractivity contribution < 1.29 is 4.39 Å². The maximum atomic E-state index is 11.7. The molecule has 0 aliphatic rings. The van der Waals surface area contributed by atoms with Gasteiger partial charge in [-0.3, -0.25) is 4.39 Å². The predicted molar refractivity (Wildman–Crippen MR) is 53.0 cm³/mol. The Morgan fingerprint density at radius 3 is 2.58 bits per heavy atom. The van der Waals surface area contributed by atoms with Crippen molar-refractivity contribution in [3.8, 4) is 0 Å². The van der Waals surface area contributed by atoms with E-state index >= 15 is 0 Å². The third kappa shape index (κ3) is 6.14. The lowest BCUT2D eigenvalue weighted by Gasteiger charge is -2.00. The molecule has 0 unspecified atom stereocenters. The second-order valence-corrected chi connectivity index (χ2v) is 3.15. The minimum absolute atomic E-state index is 0.205. The molecule has 0 radical (unpaired) electrons. The Balaban J connectivity index is 3.59. The first-order chi connectivity index (χ1) is 5.70. The van der Waals surface area contributed by atoms with E-state index in [9.17, 15) is 4.39 Å². The topological polar surface area (TPSA) is 0 Å². The summed E-state index contributed by atoms with van der Waals surface area (Å²) >= 11 is 0. The summed E-state index contributed by atoms with van der Waals surface area (Å²) < 4.78 is 11.7. The number of rotatable bonds is 6. The predicted octanol–water partition coefficient (Wildman–Crippen LogP) is 4.04. The van der Waals surface area contributed by atoms with Gasteiger partial charge in [0.25, 0.3) is 0 Å². The third-order valence-corrected chi connectivity index (χ3v) is 1.89. The Bertz CT molecular complexity index is 156. The third-order valence-electron chi connectivity index (χ3n) is 1.89. The first-order valence-electron chi connectivity index (χ1n) is 4.61. The maximum Gasteiger partial charge on any atom is 0.0894 e. The normalized spacial score (nSPS) is 11.8. The number of hydrogen-bond donors (Lipinski definition) is 0. The van der Waals surface area contributed by atoms with Crippen molar-refractivity contribution in [1.29, 1.82) is 0 Å². The van der Waals surface area contributed by atoms with Crippen molar-refractivity contribution in [2.75, 3.05) is 6.67 Å². The van der Waals surface area contributed by atoms with Crippen molar-refractivity contribution in [2.24, 2.45) is 0 Å². The van der Waals surface area contributed by atoms with E-state index in [1.165, 1.54) is 5.57 Å². The molecule has 0 fully saturated rings. The van der Waals surface area contributed by atoms with Crippen molar-refractivity contribution in [2.45, 2.75) is 39.5 Å². The fourth-order valence-electron chi connectivity index (χ4n) is 0.969. The lowest BCUT2D eigenvalue weighted by molar-refractivity contribution is 0.462. The Morgan fingerprint density at radius 2 is 2.08 bits per heavy atom. The highest BCUT2D eigenvalue weighted by Crippen LogP contribution is 2.10. The van der Waals surface area contributed by atoms with E-state index in [2.05, 4.69) is 26.5 Å². The van der Waals surface area contributed by atoms with Crippen LogP contribution in [0.5, 0.6) is 0 Å². The fraction of sp³-hybridized carbons (Fsp3) is 0.636. The Labute approximate surface area is 75.2 Å². The van der Waals surface area contributed by atoms with E-state index in [0.717, 1.165) is 24.8 Å². The molecule has 12 heavy (non-hydrogen) atoms. The Morgan fingerprint density at radius 1 is 1.42 bits per heavy atom. The van der Waals surface area contributed by atoms with Crippen molar-refractivity contribution >= 4 is 0 Å². The first-order valence-corrected chi connectivity index (χ1v) is 4.61. The quantitative estimate of drug-likeness (QED) is 0.417. The SMILES string of the molecule is C=C(/C=C(\C)CC)CCCCF. The van der Waals surface area contributed by atoms with Gasteiger partial charge in [-0.05, 0) is 32.6 Å². The highest BCUT2D eigenvalue weighted by Gasteiger charge is 1.92. The lowest BCUT2D eigenvalue weighted by atomic mass is 10.1. The molecule has 1 heteroatoms. The molecule has 0 aliphatic carbocycles. The average Bonchev–Trinajstić information content (AvgIpc) is 2.05. The second kappa shape index (κ2) is 7.08. The van der Waals surface area contributed by atoms with Crippen LogP contribution < -0.4 is 0 Å². The van der Waals surface area contributed by atoms with Gasteiger partial charge < -0.3 is 0 Å². The average molecular weight is 170 g/mol. The van der Waals surface area contributed by atoms with E-state index in [-0.39, 0.29) is 6.67 Å². The molecule has 0 aromatic carbocycles. The standard InChI is InChI=1S/C11H19F/c1-4-10(2)9-11(3)7-5-6-8-12/h9H,3-8H2,1-2H3/b10-9+. The van der Waals surface area contributed by atoms with Crippen LogP contribution in [0.1, 0.15) is 39.5 Å². The molecular formula is C11H19F. The summed E-state index contributed by atoms with van der Waals surface area (Å²) in [6, 6.07) is 0. The molecule has 0 amide bonds. The number of alkyl halides is 1. The molecule has 0 N–H and O–H groups in total. The number of halogens is 1. The molecule has 0 aromatic heterocycles. The minimum atomic E-state index is -0.205. The van der Waals surface area contributed by atoms with Crippen LogP contribution in [-0.4, -0.2) is 6.67 Å². The van der Waals surface area contributed by atoms with Gasteiger partial charge in [-0.1, -0.05) is 30.7 Å². The largest absolute Gasteiger partial charge is 0.251 e. The summed E-state index contributed by atoms with van der Waals surface area (Å²) in [5, 5.41) is 0. The molecule has 70 valence electrons. The molecule has 0 nitrogen and oxygen atoms in total. The van der Waals surface area contributed by atoms with Crippen LogP contribution in [0.3, 0.4) is 0 Å². The van der Waals surface area contributed by atoms with Gasteiger partial charge in [-0.2, -0.15) is 0 Å². The van der Waals surface area contributed by atoms with Gasteiger partial charge in [0.05, 0.1) is 6.67 Å². The Kier molecular flexibility index (Phi) is 6.73. The van der Waals surface area contributed by atoms with E-state index < -0.39 is 0 Å². The van der Waals surface area contributed by atoms with Gasteiger partial charge in [0.2, 0.25) is 0 Å². The number of allylic oxidation sites excluding steroid dienone is 3. The van der Waals surface area contributed by atoms with Crippen LogP contribution in [0.2, 0.25) is 0 Å². The first kappa shape index (κ1) is 11.4. The summed E-state index contributed by atoms with van der Waals surface area (Å²) in [4.78, 5) is 0. The molecule has 0 atom stereocenters. The highest BCUT2D eigenvalue weighted by molar-refractivity contribution is 5.19. The van der Waals surface area contributed by atoms with E-state index in [1.54, 1.807) is 0 Å². The zero-order valence-electron chi connectivity index (χ0n) is 8.20. The minimum Gasteiger partial charge on any atom is -0.251 e. The molecule has 0 heterocycles. The molecule has 0 spiro atoms. The molecular weight excluding hydrogens is 151 g/mol. The van der Waals surface area contributed by atoms with Crippen molar-refractivity contribution in [3.05, 3.63) is 23.8 Å². The molecule has 0 saturated heterocycles. The van der Waals surface area contributed by atoms with Gasteiger partial charge >= 0.3 is 0 Å². The summed E-state index contributed by atoms with van der Waals surface area (Å²) in [6.45, 7) is 7.93. The fourth-order valence-corrected chi connectivity index (χ4v) is 0.969. The van der Waals surface area contributed by atoms with Gasteiger partial charge in [-0.25, -0.2) is 0 Å². The summed E-state index contributed by atoms with van der Waals surface area (Å²) in [6.07, 6.45) is 5.70. The Hall–Kier alpha value is -0.590. The summed E-state index contributed by atoms with van der Waals surface area (Å²) in [5.41, 5.74) is 2.48.